The Kier molecular flexibility index (Phi) is 3.71. The van der Waals surface area contributed by atoms with Gasteiger partial charge >= 0.3 is 0 Å². The van der Waals surface area contributed by atoms with Crippen molar-refractivity contribution in [2.24, 2.45) is 11.8 Å². The largest absolute Gasteiger partial charge is 0.359 e. The van der Waals surface area contributed by atoms with E-state index in [0.717, 1.165) is 11.1 Å². The van der Waals surface area contributed by atoms with Crippen molar-refractivity contribution in [1.82, 2.24) is 4.90 Å². The minimum absolute atomic E-state index is 0.111. The zero-order valence-electron chi connectivity index (χ0n) is 15.1. The number of benzene rings is 2. The molecule has 2 aromatic carbocycles. The van der Waals surface area contributed by atoms with E-state index in [1.807, 2.05) is 41.4 Å². The number of hydrogen-bond donors (Lipinski definition) is 0. The highest BCUT2D eigenvalue weighted by Gasteiger charge is 2.63. The average Bonchev–Trinajstić information content (AvgIpc) is 3.16. The Morgan fingerprint density at radius 2 is 1.64 bits per heavy atom. The molecule has 3 aliphatic rings. The summed E-state index contributed by atoms with van der Waals surface area (Å²) in [5.74, 6) is -1.98. The van der Waals surface area contributed by atoms with Crippen LogP contribution in [0.25, 0.3) is 6.08 Å². The second kappa shape index (κ2) is 6.04. The van der Waals surface area contributed by atoms with Gasteiger partial charge in [-0.1, -0.05) is 35.9 Å². The summed E-state index contributed by atoms with van der Waals surface area (Å²) in [6, 6.07) is 13.5. The van der Waals surface area contributed by atoms with Gasteiger partial charge in [0, 0.05) is 11.2 Å². The van der Waals surface area contributed by atoms with Crippen LogP contribution in [0.5, 0.6) is 0 Å². The summed E-state index contributed by atoms with van der Waals surface area (Å²) in [6.07, 6.45) is 3.79. The summed E-state index contributed by atoms with van der Waals surface area (Å²) < 4.78 is 0. The molecule has 140 valence electrons. The van der Waals surface area contributed by atoms with Crippen molar-refractivity contribution in [3.63, 3.8) is 0 Å². The van der Waals surface area contributed by atoms with Crippen LogP contribution in [-0.4, -0.2) is 28.5 Å². The first-order valence-electron chi connectivity index (χ1n) is 9.17. The predicted molar refractivity (Wildman–Crippen MR) is 105 cm³/mol. The first-order chi connectivity index (χ1) is 13.5. The monoisotopic (exact) mass is 392 g/mol. The summed E-state index contributed by atoms with van der Waals surface area (Å²) in [4.78, 5) is 42.4. The highest BCUT2D eigenvalue weighted by Crippen LogP contribution is 2.53. The molecular formula is C22H17ClN2O3. The van der Waals surface area contributed by atoms with Crippen LogP contribution in [0.15, 0.2) is 54.7 Å². The minimum atomic E-state index is -0.693. The lowest BCUT2D eigenvalue weighted by Crippen LogP contribution is -2.43. The third kappa shape index (κ3) is 2.23. The Hall–Kier alpha value is -2.92. The van der Waals surface area contributed by atoms with Gasteiger partial charge in [0.05, 0.1) is 29.6 Å². The fourth-order valence-electron chi connectivity index (χ4n) is 4.87. The number of carbonyl (C=O) groups excluding carboxylic acids is 3. The van der Waals surface area contributed by atoms with Gasteiger partial charge in [0.15, 0.2) is 5.78 Å². The summed E-state index contributed by atoms with van der Waals surface area (Å²) >= 11 is 5.95. The lowest BCUT2D eigenvalue weighted by atomic mass is 9.84. The summed E-state index contributed by atoms with van der Waals surface area (Å²) in [7, 11) is 0. The Balaban J connectivity index is 1.65. The number of hydrogen-bond acceptors (Lipinski definition) is 4. The molecule has 5 rings (SSSR count). The van der Waals surface area contributed by atoms with Crippen LogP contribution in [0.1, 0.15) is 24.1 Å². The molecule has 0 radical (unpaired) electrons. The Morgan fingerprint density at radius 3 is 2.36 bits per heavy atom. The molecule has 4 atom stereocenters. The zero-order valence-corrected chi connectivity index (χ0v) is 15.8. The maximum atomic E-state index is 13.4. The van der Waals surface area contributed by atoms with Gasteiger partial charge in [-0.15, -0.1) is 0 Å². The van der Waals surface area contributed by atoms with Gasteiger partial charge in [0.2, 0.25) is 11.8 Å². The molecule has 0 N–H and O–H groups in total. The number of amides is 2. The molecule has 6 heteroatoms. The lowest BCUT2D eigenvalue weighted by molar-refractivity contribution is -0.129. The van der Waals surface area contributed by atoms with Gasteiger partial charge < -0.3 is 4.90 Å². The topological polar surface area (TPSA) is 57.7 Å². The van der Waals surface area contributed by atoms with Crippen molar-refractivity contribution in [1.29, 1.82) is 0 Å². The second-order valence-electron chi connectivity index (χ2n) is 7.43. The number of nitrogens with zero attached hydrogens (tertiary/aromatic N) is 2. The summed E-state index contributed by atoms with van der Waals surface area (Å²) in [6.45, 7) is 1.49. The van der Waals surface area contributed by atoms with Crippen LogP contribution in [-0.2, 0) is 14.4 Å². The first kappa shape index (κ1) is 17.2. The molecular weight excluding hydrogens is 376 g/mol. The van der Waals surface area contributed by atoms with Gasteiger partial charge in [-0.05, 0) is 48.4 Å². The highest BCUT2D eigenvalue weighted by molar-refractivity contribution is 6.31. The van der Waals surface area contributed by atoms with Crippen molar-refractivity contribution in [3.05, 3.63) is 70.9 Å². The van der Waals surface area contributed by atoms with Crippen molar-refractivity contribution < 1.29 is 14.4 Å². The summed E-state index contributed by atoms with van der Waals surface area (Å²) in [5.41, 5.74) is 2.47. The SMILES string of the molecule is CC(=O)[C@H]1[C@H]2C(=O)N(c3ccc(Cl)cc3)C(=O)[C@@H]2[C@H]2c3ccccc3C=CN21. The molecule has 2 saturated heterocycles. The Morgan fingerprint density at radius 1 is 0.964 bits per heavy atom. The van der Waals surface area contributed by atoms with E-state index in [2.05, 4.69) is 0 Å². The number of ketones is 1. The Bertz CT molecular complexity index is 1050. The maximum absolute atomic E-state index is 13.4. The first-order valence-corrected chi connectivity index (χ1v) is 9.55. The molecule has 0 unspecified atom stereocenters. The van der Waals surface area contributed by atoms with Crippen molar-refractivity contribution in [2.45, 2.75) is 19.0 Å². The van der Waals surface area contributed by atoms with E-state index in [9.17, 15) is 14.4 Å². The molecule has 0 spiro atoms. The van der Waals surface area contributed by atoms with Crippen LogP contribution in [0.4, 0.5) is 5.69 Å². The van der Waals surface area contributed by atoms with Crippen LogP contribution in [0.2, 0.25) is 5.02 Å². The maximum Gasteiger partial charge on any atom is 0.240 e. The molecule has 3 aliphatic heterocycles. The minimum Gasteiger partial charge on any atom is -0.359 e. The number of rotatable bonds is 2. The fraction of sp³-hybridized carbons (Fsp3) is 0.227. The molecule has 3 heterocycles. The molecule has 0 aromatic heterocycles. The number of fused-ring (bicyclic) bond motifs is 5. The molecule has 0 bridgehead atoms. The molecule has 0 saturated carbocycles. The van der Waals surface area contributed by atoms with E-state index in [0.29, 0.717) is 10.7 Å². The lowest BCUT2D eigenvalue weighted by Gasteiger charge is -2.34. The van der Waals surface area contributed by atoms with Gasteiger partial charge in [0.1, 0.15) is 0 Å². The van der Waals surface area contributed by atoms with Crippen molar-refractivity contribution in [3.8, 4) is 0 Å². The second-order valence-corrected chi connectivity index (χ2v) is 7.87. The quantitative estimate of drug-likeness (QED) is 0.734. The van der Waals surface area contributed by atoms with E-state index in [1.54, 1.807) is 24.3 Å². The predicted octanol–water partition coefficient (Wildman–Crippen LogP) is 3.44. The molecule has 5 nitrogen and oxygen atoms in total. The molecule has 2 fully saturated rings. The highest BCUT2D eigenvalue weighted by atomic mass is 35.5. The molecule has 2 amide bonds. The third-order valence-corrected chi connectivity index (χ3v) is 6.21. The average molecular weight is 393 g/mol. The van der Waals surface area contributed by atoms with Crippen LogP contribution in [0.3, 0.4) is 0 Å². The normalized spacial score (nSPS) is 27.6. The van der Waals surface area contributed by atoms with Gasteiger partial charge in [0.25, 0.3) is 0 Å². The van der Waals surface area contributed by atoms with Gasteiger partial charge in [-0.25, -0.2) is 4.90 Å². The smallest absolute Gasteiger partial charge is 0.240 e. The van der Waals surface area contributed by atoms with E-state index < -0.39 is 17.9 Å². The fourth-order valence-corrected chi connectivity index (χ4v) is 4.99. The number of imide groups is 1. The van der Waals surface area contributed by atoms with Crippen LogP contribution < -0.4 is 4.90 Å². The van der Waals surface area contributed by atoms with Crippen LogP contribution in [0, 0.1) is 11.8 Å². The van der Waals surface area contributed by atoms with E-state index in [1.165, 1.54) is 11.8 Å². The summed E-state index contributed by atoms with van der Waals surface area (Å²) in [5, 5.41) is 0.530. The van der Waals surface area contributed by atoms with Crippen molar-refractivity contribution in [2.75, 3.05) is 4.90 Å². The molecule has 0 aliphatic carbocycles. The molecule has 28 heavy (non-hydrogen) atoms. The number of carbonyl (C=O) groups is 3. The van der Waals surface area contributed by atoms with E-state index >= 15 is 0 Å². The van der Waals surface area contributed by atoms with E-state index in [-0.39, 0.29) is 23.6 Å². The number of halogens is 1. The van der Waals surface area contributed by atoms with Gasteiger partial charge in [-0.3, -0.25) is 14.4 Å². The van der Waals surface area contributed by atoms with E-state index in [4.69, 9.17) is 11.6 Å². The molecule has 2 aromatic rings. The van der Waals surface area contributed by atoms with Crippen LogP contribution >= 0.6 is 11.6 Å². The third-order valence-electron chi connectivity index (χ3n) is 5.96. The zero-order chi connectivity index (χ0) is 19.6. The van der Waals surface area contributed by atoms with Gasteiger partial charge in [-0.2, -0.15) is 0 Å². The number of Topliss-reactive ketones (excluding diaryl/α,β-unsaturated/α-hetero) is 1. The standard InChI is InChI=1S/C22H17ClN2O3/c1-12(26)19-17-18(20-16-5-3-2-4-13(16)10-11-24(19)20)22(28)25(21(17)27)15-8-6-14(23)7-9-15/h2-11,17-20H,1H3/t17-,18-,19-,20+/m0/s1. The number of anilines is 1. The Labute approximate surface area is 167 Å². The van der Waals surface area contributed by atoms with Crippen molar-refractivity contribution >= 4 is 41.0 Å².